The topological polar surface area (TPSA) is 29.3 Å². The molecule has 0 unspecified atom stereocenters. The molecule has 1 rings (SSSR count). The zero-order valence-electron chi connectivity index (χ0n) is 10.6. The van der Waals surface area contributed by atoms with Gasteiger partial charge >= 0.3 is 0 Å². The molecule has 0 aliphatic heterocycles. The number of benzene rings is 1. The quantitative estimate of drug-likeness (QED) is 0.765. The first kappa shape index (κ1) is 13.0. The van der Waals surface area contributed by atoms with E-state index in [0.29, 0.717) is 0 Å². The van der Waals surface area contributed by atoms with Crippen molar-refractivity contribution in [1.29, 1.82) is 0 Å². The van der Waals surface area contributed by atoms with Crippen LogP contribution in [0.3, 0.4) is 0 Å². The molecule has 1 aromatic carbocycles. The molecule has 0 aromatic heterocycles. The molecule has 0 aliphatic carbocycles. The highest BCUT2D eigenvalue weighted by atomic mass is 15.1. The fourth-order valence-electron chi connectivity index (χ4n) is 1.99. The zero-order valence-corrected chi connectivity index (χ0v) is 10.6. The molecule has 2 heteroatoms. The second-order valence-electron chi connectivity index (χ2n) is 4.20. The summed E-state index contributed by atoms with van der Waals surface area (Å²) in [6, 6.07) is 8.77. The number of hydrogen-bond acceptors (Lipinski definition) is 2. The van der Waals surface area contributed by atoms with Crippen molar-refractivity contribution in [3.63, 3.8) is 0 Å². The summed E-state index contributed by atoms with van der Waals surface area (Å²) in [5.41, 5.74) is 8.28. The van der Waals surface area contributed by atoms with E-state index < -0.39 is 0 Å². The minimum absolute atomic E-state index is 0.727. The molecular formula is C14H24N2. The van der Waals surface area contributed by atoms with Crippen LogP contribution in [0.2, 0.25) is 0 Å². The molecule has 0 atom stereocenters. The summed E-state index contributed by atoms with van der Waals surface area (Å²) in [6.07, 6.45) is 3.36. The smallest absolute Gasteiger partial charge is 0.0368 e. The van der Waals surface area contributed by atoms with Gasteiger partial charge in [0.1, 0.15) is 0 Å². The van der Waals surface area contributed by atoms with Crippen LogP contribution in [0.4, 0.5) is 5.69 Å². The van der Waals surface area contributed by atoms with Gasteiger partial charge in [-0.15, -0.1) is 0 Å². The van der Waals surface area contributed by atoms with Crippen LogP contribution in [0.15, 0.2) is 24.3 Å². The first-order valence-corrected chi connectivity index (χ1v) is 6.35. The Morgan fingerprint density at radius 1 is 1.12 bits per heavy atom. The van der Waals surface area contributed by atoms with Gasteiger partial charge in [-0.25, -0.2) is 0 Å². The molecule has 0 saturated carbocycles. The Balaban J connectivity index is 2.77. The van der Waals surface area contributed by atoms with E-state index in [-0.39, 0.29) is 0 Å². The van der Waals surface area contributed by atoms with Crippen LogP contribution in [0.1, 0.15) is 32.3 Å². The van der Waals surface area contributed by atoms with Crippen molar-refractivity contribution in [3.05, 3.63) is 29.8 Å². The summed E-state index contributed by atoms with van der Waals surface area (Å²) in [5.74, 6) is 0. The second-order valence-corrected chi connectivity index (χ2v) is 4.20. The molecule has 16 heavy (non-hydrogen) atoms. The van der Waals surface area contributed by atoms with Crippen LogP contribution in [-0.2, 0) is 6.42 Å². The maximum absolute atomic E-state index is 5.59. The maximum atomic E-state index is 5.59. The Morgan fingerprint density at radius 3 is 2.38 bits per heavy atom. The third-order valence-corrected chi connectivity index (χ3v) is 2.70. The molecule has 0 bridgehead atoms. The minimum Gasteiger partial charge on any atom is -0.372 e. The summed E-state index contributed by atoms with van der Waals surface area (Å²) in [6.45, 7) is 7.46. The predicted molar refractivity (Wildman–Crippen MR) is 72.0 cm³/mol. The van der Waals surface area contributed by atoms with Crippen molar-refractivity contribution in [1.82, 2.24) is 0 Å². The summed E-state index contributed by atoms with van der Waals surface area (Å²) in [4.78, 5) is 2.46. The van der Waals surface area contributed by atoms with Crippen LogP contribution in [-0.4, -0.2) is 19.6 Å². The summed E-state index contributed by atoms with van der Waals surface area (Å²) in [7, 11) is 0. The average molecular weight is 220 g/mol. The lowest BCUT2D eigenvalue weighted by molar-refractivity contribution is 0.744. The number of hydrogen-bond donors (Lipinski definition) is 1. The third kappa shape index (κ3) is 3.86. The second kappa shape index (κ2) is 7.29. The molecule has 90 valence electrons. The molecule has 0 heterocycles. The fraction of sp³-hybridized carbons (Fsp3) is 0.571. The highest BCUT2D eigenvalue weighted by Gasteiger charge is 2.04. The lowest BCUT2D eigenvalue weighted by Gasteiger charge is -2.24. The minimum atomic E-state index is 0.727. The van der Waals surface area contributed by atoms with Crippen molar-refractivity contribution < 1.29 is 0 Å². The van der Waals surface area contributed by atoms with Crippen molar-refractivity contribution >= 4 is 5.69 Å². The first-order valence-electron chi connectivity index (χ1n) is 6.35. The van der Waals surface area contributed by atoms with Gasteiger partial charge in [-0.2, -0.15) is 0 Å². The first-order chi connectivity index (χ1) is 7.81. The molecule has 0 saturated heterocycles. The molecule has 0 fully saturated rings. The van der Waals surface area contributed by atoms with Gasteiger partial charge in [0.2, 0.25) is 0 Å². The van der Waals surface area contributed by atoms with Gasteiger partial charge in [-0.05, 0) is 43.5 Å². The molecule has 0 amide bonds. The van der Waals surface area contributed by atoms with E-state index in [9.17, 15) is 0 Å². The maximum Gasteiger partial charge on any atom is 0.0368 e. The van der Waals surface area contributed by atoms with Gasteiger partial charge in [-0.3, -0.25) is 0 Å². The molecule has 2 nitrogen and oxygen atoms in total. The zero-order chi connectivity index (χ0) is 11.8. The van der Waals surface area contributed by atoms with Gasteiger partial charge in [0, 0.05) is 18.8 Å². The standard InChI is InChI=1S/C14H24N2/c1-3-10-16(11-4-2)14-7-5-6-13(12-14)8-9-15/h5-7,12H,3-4,8-11,15H2,1-2H3. The van der Waals surface area contributed by atoms with Crippen LogP contribution in [0.5, 0.6) is 0 Å². The lowest BCUT2D eigenvalue weighted by Crippen LogP contribution is -2.24. The van der Waals surface area contributed by atoms with Crippen LogP contribution in [0.25, 0.3) is 0 Å². The number of anilines is 1. The van der Waals surface area contributed by atoms with Crippen LogP contribution >= 0.6 is 0 Å². The summed E-state index contributed by atoms with van der Waals surface area (Å²) >= 11 is 0. The van der Waals surface area contributed by atoms with E-state index in [0.717, 1.165) is 26.1 Å². The third-order valence-electron chi connectivity index (χ3n) is 2.70. The molecule has 0 radical (unpaired) electrons. The highest BCUT2D eigenvalue weighted by molar-refractivity contribution is 5.48. The highest BCUT2D eigenvalue weighted by Crippen LogP contribution is 2.17. The molecule has 0 spiro atoms. The van der Waals surface area contributed by atoms with Gasteiger partial charge in [0.15, 0.2) is 0 Å². The number of nitrogens with two attached hydrogens (primary N) is 1. The van der Waals surface area contributed by atoms with Gasteiger partial charge in [0.05, 0.1) is 0 Å². The van der Waals surface area contributed by atoms with E-state index in [2.05, 4.69) is 43.0 Å². The Morgan fingerprint density at radius 2 is 1.81 bits per heavy atom. The normalized spacial score (nSPS) is 10.4. The monoisotopic (exact) mass is 220 g/mol. The van der Waals surface area contributed by atoms with E-state index in [1.807, 2.05) is 0 Å². The van der Waals surface area contributed by atoms with Gasteiger partial charge in [0.25, 0.3) is 0 Å². The SMILES string of the molecule is CCCN(CCC)c1cccc(CCN)c1. The lowest BCUT2D eigenvalue weighted by atomic mass is 10.1. The average Bonchev–Trinajstić information content (AvgIpc) is 2.30. The van der Waals surface area contributed by atoms with E-state index >= 15 is 0 Å². The Hall–Kier alpha value is -1.02. The Bertz CT molecular complexity index is 291. The van der Waals surface area contributed by atoms with Crippen molar-refractivity contribution in [3.8, 4) is 0 Å². The number of rotatable bonds is 7. The Kier molecular flexibility index (Phi) is 5.94. The van der Waals surface area contributed by atoms with Crippen molar-refractivity contribution in [2.24, 2.45) is 5.73 Å². The molecular weight excluding hydrogens is 196 g/mol. The van der Waals surface area contributed by atoms with Gasteiger partial charge in [-0.1, -0.05) is 26.0 Å². The summed E-state index contributed by atoms with van der Waals surface area (Å²) in [5, 5.41) is 0. The Labute approximate surface area is 99.5 Å². The summed E-state index contributed by atoms with van der Waals surface area (Å²) < 4.78 is 0. The number of nitrogens with zero attached hydrogens (tertiary/aromatic N) is 1. The van der Waals surface area contributed by atoms with Crippen molar-refractivity contribution in [2.75, 3.05) is 24.5 Å². The van der Waals surface area contributed by atoms with E-state index in [1.54, 1.807) is 0 Å². The largest absolute Gasteiger partial charge is 0.372 e. The van der Waals surface area contributed by atoms with Gasteiger partial charge < -0.3 is 10.6 Å². The molecule has 0 aliphatic rings. The van der Waals surface area contributed by atoms with Crippen LogP contribution < -0.4 is 10.6 Å². The molecule has 2 N–H and O–H groups in total. The van der Waals surface area contributed by atoms with Crippen molar-refractivity contribution in [2.45, 2.75) is 33.1 Å². The van der Waals surface area contributed by atoms with E-state index in [4.69, 9.17) is 5.73 Å². The van der Waals surface area contributed by atoms with E-state index in [1.165, 1.54) is 24.1 Å². The fourth-order valence-corrected chi connectivity index (χ4v) is 1.99. The molecule has 1 aromatic rings. The van der Waals surface area contributed by atoms with Crippen LogP contribution in [0, 0.1) is 0 Å². The predicted octanol–water partition coefficient (Wildman–Crippen LogP) is 2.81.